The van der Waals surface area contributed by atoms with Crippen LogP contribution in [0.3, 0.4) is 0 Å². The molecule has 0 bridgehead atoms. The van der Waals surface area contributed by atoms with Crippen LogP contribution in [0.15, 0.2) is 0 Å². The molecule has 0 aromatic carbocycles. The second-order valence-corrected chi connectivity index (χ2v) is 7.36. The summed E-state index contributed by atoms with van der Waals surface area (Å²) in [6, 6.07) is 0.453. The minimum atomic E-state index is -0.407. The maximum Gasteiger partial charge on any atom is 0.0844 e. The standard InChI is InChI=1S/C16H27NO2/c18-16(8-10-17-9-3-4-14(16)17)13-5-11-19-15(12-13)6-1-2-7-15/h13-14,18H,1-12H2. The van der Waals surface area contributed by atoms with E-state index in [2.05, 4.69) is 4.90 Å². The second-order valence-electron chi connectivity index (χ2n) is 7.36. The van der Waals surface area contributed by atoms with Gasteiger partial charge in [-0.15, -0.1) is 0 Å². The molecule has 0 aromatic heterocycles. The lowest BCUT2D eigenvalue weighted by atomic mass is 9.71. The minimum Gasteiger partial charge on any atom is -0.388 e. The van der Waals surface area contributed by atoms with E-state index in [-0.39, 0.29) is 5.60 Å². The average Bonchev–Trinajstić information content (AvgIpc) is 3.10. The molecule has 0 amide bonds. The molecule has 4 fully saturated rings. The molecule has 1 spiro atoms. The van der Waals surface area contributed by atoms with Gasteiger partial charge in [0.15, 0.2) is 0 Å². The molecule has 3 aliphatic heterocycles. The Morgan fingerprint density at radius 1 is 1.00 bits per heavy atom. The quantitative estimate of drug-likeness (QED) is 0.790. The van der Waals surface area contributed by atoms with Gasteiger partial charge in [0.05, 0.1) is 11.2 Å². The van der Waals surface area contributed by atoms with Crippen molar-refractivity contribution in [2.75, 3.05) is 19.7 Å². The van der Waals surface area contributed by atoms with Crippen molar-refractivity contribution in [2.24, 2.45) is 5.92 Å². The van der Waals surface area contributed by atoms with Crippen LogP contribution >= 0.6 is 0 Å². The lowest BCUT2D eigenvalue weighted by Crippen LogP contribution is -2.52. The summed E-state index contributed by atoms with van der Waals surface area (Å²) in [5.41, 5.74) is -0.263. The van der Waals surface area contributed by atoms with Crippen LogP contribution in [0.5, 0.6) is 0 Å². The highest BCUT2D eigenvalue weighted by atomic mass is 16.5. The number of hydrogen-bond donors (Lipinski definition) is 1. The third kappa shape index (κ3) is 1.89. The number of hydrogen-bond acceptors (Lipinski definition) is 3. The predicted molar refractivity (Wildman–Crippen MR) is 74.0 cm³/mol. The van der Waals surface area contributed by atoms with E-state index < -0.39 is 5.60 Å². The monoisotopic (exact) mass is 265 g/mol. The Bertz CT molecular complexity index is 353. The zero-order chi connectivity index (χ0) is 12.9. The van der Waals surface area contributed by atoms with Crippen molar-refractivity contribution in [3.05, 3.63) is 0 Å². The highest BCUT2D eigenvalue weighted by molar-refractivity contribution is 5.08. The van der Waals surface area contributed by atoms with Crippen LogP contribution in [0.25, 0.3) is 0 Å². The Balaban J connectivity index is 1.54. The first-order chi connectivity index (χ1) is 9.22. The van der Waals surface area contributed by atoms with E-state index >= 15 is 0 Å². The largest absolute Gasteiger partial charge is 0.388 e. The maximum absolute atomic E-state index is 11.3. The molecule has 1 aliphatic carbocycles. The van der Waals surface area contributed by atoms with E-state index in [1.165, 1.54) is 45.1 Å². The Morgan fingerprint density at radius 2 is 1.84 bits per heavy atom. The molecule has 108 valence electrons. The normalized spacial score (nSPS) is 45.9. The van der Waals surface area contributed by atoms with Gasteiger partial charge in [-0.3, -0.25) is 4.90 Å². The molecule has 1 N–H and O–H groups in total. The van der Waals surface area contributed by atoms with Gasteiger partial charge in [0.1, 0.15) is 0 Å². The lowest BCUT2D eigenvalue weighted by molar-refractivity contribution is -0.146. The van der Waals surface area contributed by atoms with Crippen molar-refractivity contribution in [1.82, 2.24) is 4.90 Å². The molecule has 4 aliphatic rings. The van der Waals surface area contributed by atoms with Gasteiger partial charge in [-0.2, -0.15) is 0 Å². The molecule has 0 radical (unpaired) electrons. The molecule has 0 aromatic rings. The number of ether oxygens (including phenoxy) is 1. The fourth-order valence-corrected chi connectivity index (χ4v) is 5.45. The first-order valence-electron chi connectivity index (χ1n) is 8.32. The van der Waals surface area contributed by atoms with Crippen LogP contribution in [-0.4, -0.2) is 46.9 Å². The van der Waals surface area contributed by atoms with E-state index in [0.717, 1.165) is 32.4 Å². The van der Waals surface area contributed by atoms with Gasteiger partial charge in [0, 0.05) is 19.2 Å². The molecule has 3 heterocycles. The third-order valence-electron chi connectivity index (χ3n) is 6.45. The van der Waals surface area contributed by atoms with E-state index in [0.29, 0.717) is 12.0 Å². The van der Waals surface area contributed by atoms with Crippen LogP contribution in [0.2, 0.25) is 0 Å². The van der Waals surface area contributed by atoms with Gasteiger partial charge >= 0.3 is 0 Å². The fourth-order valence-electron chi connectivity index (χ4n) is 5.45. The average molecular weight is 265 g/mol. The Labute approximate surface area is 116 Å². The van der Waals surface area contributed by atoms with Gasteiger partial charge in [-0.05, 0) is 57.4 Å². The van der Waals surface area contributed by atoms with E-state index in [1.807, 2.05) is 0 Å². The summed E-state index contributed by atoms with van der Waals surface area (Å²) in [7, 11) is 0. The zero-order valence-electron chi connectivity index (χ0n) is 11.9. The molecule has 3 atom stereocenters. The highest BCUT2D eigenvalue weighted by Gasteiger charge is 2.55. The molecular formula is C16H27NO2. The van der Waals surface area contributed by atoms with Crippen molar-refractivity contribution >= 4 is 0 Å². The predicted octanol–water partition coefficient (Wildman–Crippen LogP) is 2.33. The summed E-state index contributed by atoms with van der Waals surface area (Å²) in [5.74, 6) is 0.479. The summed E-state index contributed by atoms with van der Waals surface area (Å²) in [5, 5.41) is 11.3. The zero-order valence-corrected chi connectivity index (χ0v) is 11.9. The van der Waals surface area contributed by atoms with Crippen molar-refractivity contribution < 1.29 is 9.84 Å². The summed E-state index contributed by atoms with van der Waals surface area (Å²) in [6.45, 7) is 3.20. The fraction of sp³-hybridized carbons (Fsp3) is 1.00. The first-order valence-corrected chi connectivity index (χ1v) is 8.32. The summed E-state index contributed by atoms with van der Waals surface area (Å²) < 4.78 is 6.15. The molecule has 3 unspecified atom stereocenters. The van der Waals surface area contributed by atoms with Crippen LogP contribution in [-0.2, 0) is 4.74 Å². The Hall–Kier alpha value is -0.120. The molecule has 3 saturated heterocycles. The van der Waals surface area contributed by atoms with Gasteiger partial charge in [-0.1, -0.05) is 12.8 Å². The Morgan fingerprint density at radius 3 is 2.68 bits per heavy atom. The summed E-state index contributed by atoms with van der Waals surface area (Å²) in [6.07, 6.45) is 10.8. The molecule has 3 nitrogen and oxygen atoms in total. The smallest absolute Gasteiger partial charge is 0.0844 e. The van der Waals surface area contributed by atoms with E-state index in [1.54, 1.807) is 0 Å². The maximum atomic E-state index is 11.3. The van der Waals surface area contributed by atoms with Crippen LogP contribution < -0.4 is 0 Å². The number of rotatable bonds is 1. The van der Waals surface area contributed by atoms with Gasteiger partial charge in [0.25, 0.3) is 0 Å². The van der Waals surface area contributed by atoms with E-state index in [4.69, 9.17) is 4.74 Å². The number of fused-ring (bicyclic) bond motifs is 1. The number of nitrogens with zero attached hydrogens (tertiary/aromatic N) is 1. The lowest BCUT2D eigenvalue weighted by Gasteiger charge is -2.46. The molecule has 4 rings (SSSR count). The van der Waals surface area contributed by atoms with Crippen molar-refractivity contribution in [3.8, 4) is 0 Å². The topological polar surface area (TPSA) is 32.7 Å². The minimum absolute atomic E-state index is 0.144. The Kier molecular flexibility index (Phi) is 2.95. The molecule has 3 heteroatoms. The van der Waals surface area contributed by atoms with Crippen LogP contribution in [0.4, 0.5) is 0 Å². The number of aliphatic hydroxyl groups is 1. The van der Waals surface area contributed by atoms with Gasteiger partial charge in [0.2, 0.25) is 0 Å². The first kappa shape index (κ1) is 12.6. The van der Waals surface area contributed by atoms with Gasteiger partial charge < -0.3 is 9.84 Å². The van der Waals surface area contributed by atoms with Crippen molar-refractivity contribution in [3.63, 3.8) is 0 Å². The van der Waals surface area contributed by atoms with E-state index in [9.17, 15) is 5.11 Å². The van der Waals surface area contributed by atoms with Gasteiger partial charge in [-0.25, -0.2) is 0 Å². The molecular weight excluding hydrogens is 238 g/mol. The molecule has 1 saturated carbocycles. The van der Waals surface area contributed by atoms with Crippen molar-refractivity contribution in [2.45, 2.75) is 75.0 Å². The second kappa shape index (κ2) is 4.44. The van der Waals surface area contributed by atoms with Crippen molar-refractivity contribution in [1.29, 1.82) is 0 Å². The highest BCUT2D eigenvalue weighted by Crippen LogP contribution is 2.50. The van der Waals surface area contributed by atoms with Crippen LogP contribution in [0.1, 0.15) is 57.8 Å². The van der Waals surface area contributed by atoms with Crippen LogP contribution in [0, 0.1) is 5.92 Å². The summed E-state index contributed by atoms with van der Waals surface area (Å²) in [4.78, 5) is 2.54. The third-order valence-corrected chi connectivity index (χ3v) is 6.45. The SMILES string of the molecule is OC1(C2CCOC3(CCCC3)C2)CCN2CCCC21. The molecule has 19 heavy (non-hydrogen) atoms. The summed E-state index contributed by atoms with van der Waals surface area (Å²) >= 11 is 0.